The van der Waals surface area contributed by atoms with Gasteiger partial charge in [0.2, 0.25) is 5.91 Å². The summed E-state index contributed by atoms with van der Waals surface area (Å²) in [5, 5.41) is 9.39. The Balaban J connectivity index is 0.00000506. The number of aromatic nitrogens is 2. The molecule has 72 heavy (non-hydrogen) atoms. The number of carbonyl (C=O) groups excluding carboxylic acids is 6. The second kappa shape index (κ2) is 33.9. The zero-order chi connectivity index (χ0) is 55.2. The summed E-state index contributed by atoms with van der Waals surface area (Å²) in [5.41, 5.74) is -2.75. The van der Waals surface area contributed by atoms with Gasteiger partial charge in [-0.25, -0.2) is 9.78 Å². The standard InChI is InChI=1S/C48H86N6O9.C7H14O2/c1-14-15-27-38(51-33-41(56)60-45(2,3)4)52-37(44(59)63-48(11,12)13)26-23-24-29-50-40(55)28-22-20-18-16-17-19-21-25-31-53(35-42(57)61-46(5,6)7)34-39-49-30-32-54(39)36-43(58)62-47(8,9)10;1-5-6(8)9-7(2,3)4/h27,30,32,37,51-52H,14-26,28-29,31,33-36H2,1-13H3,(H,50,55);5H2,1-4H3/b38-27+;. The summed E-state index contributed by atoms with van der Waals surface area (Å²) in [6.45, 7) is 33.2. The Bertz CT molecular complexity index is 1780. The minimum absolute atomic E-state index is 0.0381. The lowest BCUT2D eigenvalue weighted by atomic mass is 10.1. The predicted molar refractivity (Wildman–Crippen MR) is 283 cm³/mol. The molecule has 0 aliphatic carbocycles. The highest BCUT2D eigenvalue weighted by Gasteiger charge is 2.27. The Morgan fingerprint density at radius 3 is 1.67 bits per heavy atom. The van der Waals surface area contributed by atoms with Gasteiger partial charge in [0.05, 0.1) is 18.9 Å². The van der Waals surface area contributed by atoms with Crippen LogP contribution in [0.3, 0.4) is 0 Å². The fraction of sp³-hybridized carbons (Fsp3) is 0.800. The monoisotopic (exact) mass is 1020 g/mol. The van der Waals surface area contributed by atoms with E-state index in [4.69, 9.17) is 23.7 Å². The highest BCUT2D eigenvalue weighted by atomic mass is 16.6. The van der Waals surface area contributed by atoms with Crippen molar-refractivity contribution < 1.29 is 52.5 Å². The number of allylic oxidation sites excluding steroid dienone is 1. The average molecular weight is 1020 g/mol. The minimum Gasteiger partial charge on any atom is -0.460 e. The molecule has 0 aromatic carbocycles. The summed E-state index contributed by atoms with van der Waals surface area (Å²) in [6, 6.07) is -0.632. The molecule has 0 saturated carbocycles. The Morgan fingerprint density at radius 2 is 1.14 bits per heavy atom. The molecule has 0 spiro atoms. The van der Waals surface area contributed by atoms with Gasteiger partial charge < -0.3 is 44.2 Å². The van der Waals surface area contributed by atoms with Crippen LogP contribution in [0.25, 0.3) is 0 Å². The van der Waals surface area contributed by atoms with Crippen molar-refractivity contribution >= 4 is 35.8 Å². The van der Waals surface area contributed by atoms with Crippen LogP contribution in [0.2, 0.25) is 0 Å². The summed E-state index contributed by atoms with van der Waals surface area (Å²) in [7, 11) is 0. The van der Waals surface area contributed by atoms with Gasteiger partial charge in [0.25, 0.3) is 0 Å². The first-order chi connectivity index (χ1) is 33.2. The van der Waals surface area contributed by atoms with Crippen molar-refractivity contribution in [1.82, 2.24) is 30.4 Å². The molecule has 17 heteroatoms. The zero-order valence-electron chi connectivity index (χ0n) is 48.0. The molecule has 1 unspecified atom stereocenters. The van der Waals surface area contributed by atoms with Crippen LogP contribution < -0.4 is 16.0 Å². The maximum absolute atomic E-state index is 13.2. The molecule has 17 nitrogen and oxygen atoms in total. The van der Waals surface area contributed by atoms with Gasteiger partial charge in [-0.05, 0) is 155 Å². The Kier molecular flexibility index (Phi) is 31.7. The highest BCUT2D eigenvalue weighted by molar-refractivity contribution is 5.77. The molecule has 416 valence electrons. The number of carbonyl (C=O) groups is 6. The van der Waals surface area contributed by atoms with Crippen molar-refractivity contribution in [2.75, 3.05) is 26.2 Å². The second-order valence-corrected chi connectivity index (χ2v) is 23.3. The van der Waals surface area contributed by atoms with E-state index in [9.17, 15) is 28.8 Å². The molecule has 1 aromatic heterocycles. The minimum atomic E-state index is -0.655. The van der Waals surface area contributed by atoms with Gasteiger partial charge in [-0.3, -0.25) is 28.9 Å². The second-order valence-electron chi connectivity index (χ2n) is 23.3. The fourth-order valence-electron chi connectivity index (χ4n) is 6.83. The van der Waals surface area contributed by atoms with Crippen LogP contribution in [0.15, 0.2) is 24.3 Å². The van der Waals surface area contributed by atoms with Gasteiger partial charge in [0.1, 0.15) is 53.0 Å². The van der Waals surface area contributed by atoms with E-state index < -0.39 is 28.4 Å². The number of nitrogens with zero attached hydrogens (tertiary/aromatic N) is 3. The highest BCUT2D eigenvalue weighted by Crippen LogP contribution is 2.16. The SMILES string of the molecule is CCC(=O)OC(C)(C)C.CCC/C=C(\NCC(=O)OC(C)(C)C)NC(CCCCNC(=O)CCCCCCCCCCN(CC(=O)OC(C)(C)C)Cc1nccn1CC(=O)OC(C)(C)C)C(=O)OC(C)(C)C. The number of imidazole rings is 1. The van der Waals surface area contributed by atoms with Gasteiger partial charge in [-0.1, -0.05) is 58.8 Å². The van der Waals surface area contributed by atoms with Gasteiger partial charge in [0, 0.05) is 31.8 Å². The van der Waals surface area contributed by atoms with Crippen molar-refractivity contribution in [1.29, 1.82) is 0 Å². The molecule has 1 atom stereocenters. The number of rotatable bonds is 31. The summed E-state index contributed by atoms with van der Waals surface area (Å²) in [6.07, 6.45) is 18.0. The van der Waals surface area contributed by atoms with Crippen molar-refractivity contribution in [3.05, 3.63) is 30.1 Å². The maximum Gasteiger partial charge on any atom is 0.329 e. The predicted octanol–water partition coefficient (Wildman–Crippen LogP) is 9.78. The first-order valence-electron chi connectivity index (χ1n) is 26.5. The lowest BCUT2D eigenvalue weighted by Gasteiger charge is -2.26. The molecule has 0 aliphatic heterocycles. The van der Waals surface area contributed by atoms with E-state index in [-0.39, 0.29) is 61.0 Å². The van der Waals surface area contributed by atoms with Crippen molar-refractivity contribution in [3.8, 4) is 0 Å². The van der Waals surface area contributed by atoms with Crippen LogP contribution in [0.1, 0.15) is 220 Å². The van der Waals surface area contributed by atoms with Crippen molar-refractivity contribution in [3.63, 3.8) is 0 Å². The van der Waals surface area contributed by atoms with Crippen LogP contribution in [0.5, 0.6) is 0 Å². The maximum atomic E-state index is 13.2. The fourth-order valence-corrected chi connectivity index (χ4v) is 6.83. The molecule has 1 amide bonds. The molecule has 0 aliphatic rings. The largest absolute Gasteiger partial charge is 0.460 e. The third-order valence-electron chi connectivity index (χ3n) is 9.74. The number of hydrogen-bond donors (Lipinski definition) is 3. The van der Waals surface area contributed by atoms with Gasteiger partial charge in [-0.2, -0.15) is 0 Å². The van der Waals surface area contributed by atoms with E-state index in [2.05, 4.69) is 27.9 Å². The Hall–Kier alpha value is -4.67. The first-order valence-corrected chi connectivity index (χ1v) is 26.5. The van der Waals surface area contributed by atoms with E-state index >= 15 is 0 Å². The van der Waals surface area contributed by atoms with E-state index in [1.165, 1.54) is 0 Å². The van der Waals surface area contributed by atoms with E-state index in [1.807, 2.05) is 115 Å². The smallest absolute Gasteiger partial charge is 0.329 e. The van der Waals surface area contributed by atoms with Crippen LogP contribution in [0.4, 0.5) is 0 Å². The molecular formula is C55H100N6O11. The quantitative estimate of drug-likeness (QED) is 0.0360. The molecule has 1 aromatic rings. The van der Waals surface area contributed by atoms with Crippen molar-refractivity contribution in [2.45, 2.75) is 261 Å². The molecule has 0 radical (unpaired) electrons. The first kappa shape index (κ1) is 67.3. The third kappa shape index (κ3) is 39.9. The Labute approximate surface area is 434 Å². The van der Waals surface area contributed by atoms with Crippen molar-refractivity contribution in [2.24, 2.45) is 0 Å². The number of amides is 1. The van der Waals surface area contributed by atoms with Gasteiger partial charge >= 0.3 is 29.8 Å². The molecule has 0 fully saturated rings. The summed E-state index contributed by atoms with van der Waals surface area (Å²) < 4.78 is 28.9. The molecule has 0 bridgehead atoms. The van der Waals surface area contributed by atoms with Crippen LogP contribution in [-0.2, 0) is 65.5 Å². The normalized spacial score (nSPS) is 12.8. The molecule has 0 saturated heterocycles. The van der Waals surface area contributed by atoms with E-state index in [0.717, 1.165) is 64.2 Å². The lowest BCUT2D eigenvalue weighted by Crippen LogP contribution is -2.44. The van der Waals surface area contributed by atoms with Crippen LogP contribution in [-0.4, -0.2) is 110 Å². The topological polar surface area (TPSA) is 206 Å². The number of ether oxygens (including phenoxy) is 5. The van der Waals surface area contributed by atoms with Gasteiger partial charge in [-0.15, -0.1) is 0 Å². The van der Waals surface area contributed by atoms with Gasteiger partial charge in [0.15, 0.2) is 0 Å². The van der Waals surface area contributed by atoms with Crippen LogP contribution in [0, 0.1) is 0 Å². The number of nitrogens with one attached hydrogen (secondary N) is 3. The zero-order valence-corrected chi connectivity index (χ0v) is 48.0. The number of unbranched alkanes of at least 4 members (excludes halogenated alkanes) is 9. The molecule has 3 N–H and O–H groups in total. The summed E-state index contributed by atoms with van der Waals surface area (Å²) in [4.78, 5) is 80.5. The van der Waals surface area contributed by atoms with E-state index in [0.29, 0.717) is 63.4 Å². The summed E-state index contributed by atoms with van der Waals surface area (Å²) >= 11 is 0. The molecular weight excluding hydrogens is 921 g/mol. The van der Waals surface area contributed by atoms with E-state index in [1.54, 1.807) is 23.9 Å². The lowest BCUT2D eigenvalue weighted by molar-refractivity contribution is -0.158. The third-order valence-corrected chi connectivity index (χ3v) is 9.74. The Morgan fingerprint density at radius 1 is 0.625 bits per heavy atom. The molecule has 1 rings (SSSR count). The van der Waals surface area contributed by atoms with Crippen LogP contribution >= 0.6 is 0 Å². The number of esters is 5. The average Bonchev–Trinajstić information content (AvgIpc) is 3.63. The number of hydrogen-bond acceptors (Lipinski definition) is 15. The summed E-state index contributed by atoms with van der Waals surface area (Å²) in [5.74, 6) is -0.224. The molecule has 1 heterocycles.